The molecule has 0 unspecified atom stereocenters. The predicted molar refractivity (Wildman–Crippen MR) is 79.3 cm³/mol. The zero-order valence-electron chi connectivity index (χ0n) is 12.3. The van der Waals surface area contributed by atoms with Crippen LogP contribution in [0.5, 0.6) is 0 Å². The van der Waals surface area contributed by atoms with Gasteiger partial charge in [-0.05, 0) is 20.8 Å². The van der Waals surface area contributed by atoms with Crippen LogP contribution in [0.25, 0.3) is 10.9 Å². The number of fused-ring (bicyclic) bond motifs is 1. The Hall–Kier alpha value is -2.15. The highest BCUT2D eigenvalue weighted by molar-refractivity contribution is 5.76. The number of hydrogen-bond acceptors (Lipinski definition) is 5. The van der Waals surface area contributed by atoms with E-state index in [0.29, 0.717) is 29.8 Å². The molecule has 0 bridgehead atoms. The molecule has 1 aliphatic rings. The minimum absolute atomic E-state index is 0.0331. The molecule has 7 heteroatoms. The van der Waals surface area contributed by atoms with Crippen LogP contribution in [0.2, 0.25) is 0 Å². The monoisotopic (exact) mass is 290 g/mol. The Morgan fingerprint density at radius 1 is 1.29 bits per heavy atom. The number of aryl methyl sites for hydroxylation is 1. The van der Waals surface area contributed by atoms with E-state index in [2.05, 4.69) is 9.97 Å². The average Bonchev–Trinajstić information content (AvgIpc) is 2.36. The first kappa shape index (κ1) is 13.8. The topological polar surface area (TPSA) is 80.2 Å². The highest BCUT2D eigenvalue weighted by Crippen LogP contribution is 2.10. The van der Waals surface area contributed by atoms with Crippen LogP contribution in [0.1, 0.15) is 19.7 Å². The summed E-state index contributed by atoms with van der Waals surface area (Å²) in [5.74, 6) is 0.498. The van der Waals surface area contributed by atoms with Crippen molar-refractivity contribution in [3.05, 3.63) is 38.8 Å². The van der Waals surface area contributed by atoms with Gasteiger partial charge < -0.3 is 14.7 Å². The summed E-state index contributed by atoms with van der Waals surface area (Å²) in [6, 6.07) is 1.41. The second kappa shape index (κ2) is 5.00. The predicted octanol–water partition coefficient (Wildman–Crippen LogP) is 0.138. The standard InChI is InChI=1S/C14H18N4O3/c1-8-5-17(6-9(2)21-8)18-7-11-12(4-13(18)19)15-10(3)16-14(11)20/h4,7-9H,5-6H2,1-3H3,(H,15,16,20)/t8-,9+. The lowest BCUT2D eigenvalue weighted by molar-refractivity contribution is -0.0137. The van der Waals surface area contributed by atoms with E-state index in [9.17, 15) is 9.59 Å². The van der Waals surface area contributed by atoms with Crippen molar-refractivity contribution in [1.82, 2.24) is 14.6 Å². The van der Waals surface area contributed by atoms with Crippen LogP contribution >= 0.6 is 0 Å². The third-order valence-corrected chi connectivity index (χ3v) is 3.55. The van der Waals surface area contributed by atoms with Crippen LogP contribution in [0.3, 0.4) is 0 Å². The number of aromatic amines is 1. The quantitative estimate of drug-likeness (QED) is 0.808. The molecule has 1 fully saturated rings. The van der Waals surface area contributed by atoms with Gasteiger partial charge in [-0.1, -0.05) is 0 Å². The van der Waals surface area contributed by atoms with Crippen molar-refractivity contribution in [2.45, 2.75) is 33.0 Å². The van der Waals surface area contributed by atoms with Crippen molar-refractivity contribution in [1.29, 1.82) is 0 Å². The van der Waals surface area contributed by atoms with Crippen molar-refractivity contribution in [3.8, 4) is 0 Å². The van der Waals surface area contributed by atoms with E-state index in [1.165, 1.54) is 10.7 Å². The smallest absolute Gasteiger partial charge is 0.271 e. The first-order valence-corrected chi connectivity index (χ1v) is 6.98. The third-order valence-electron chi connectivity index (χ3n) is 3.55. The van der Waals surface area contributed by atoms with Crippen LogP contribution in [0, 0.1) is 6.92 Å². The fraction of sp³-hybridized carbons (Fsp3) is 0.500. The Bertz CT molecular complexity index is 785. The second-order valence-corrected chi connectivity index (χ2v) is 5.54. The molecule has 3 heterocycles. The van der Waals surface area contributed by atoms with Crippen molar-refractivity contribution < 1.29 is 4.74 Å². The summed E-state index contributed by atoms with van der Waals surface area (Å²) < 4.78 is 7.16. The Kier molecular flexibility index (Phi) is 3.29. The van der Waals surface area contributed by atoms with Gasteiger partial charge >= 0.3 is 0 Å². The number of ether oxygens (including phenoxy) is 1. The van der Waals surface area contributed by atoms with Gasteiger partial charge in [-0.15, -0.1) is 0 Å². The fourth-order valence-corrected chi connectivity index (χ4v) is 2.77. The Morgan fingerprint density at radius 2 is 1.95 bits per heavy atom. The highest BCUT2D eigenvalue weighted by atomic mass is 16.5. The molecule has 0 aromatic carbocycles. The molecule has 3 rings (SSSR count). The molecular formula is C14H18N4O3. The second-order valence-electron chi connectivity index (χ2n) is 5.54. The van der Waals surface area contributed by atoms with Gasteiger partial charge in [-0.3, -0.25) is 9.59 Å². The maximum absolute atomic E-state index is 12.3. The van der Waals surface area contributed by atoms with Gasteiger partial charge in [0.2, 0.25) is 0 Å². The third kappa shape index (κ3) is 2.56. The van der Waals surface area contributed by atoms with Crippen molar-refractivity contribution in [3.63, 3.8) is 0 Å². The fourth-order valence-electron chi connectivity index (χ4n) is 2.77. The van der Waals surface area contributed by atoms with Crippen molar-refractivity contribution >= 4 is 10.9 Å². The normalized spacial score (nSPS) is 22.7. The van der Waals surface area contributed by atoms with Gasteiger partial charge in [-0.25, -0.2) is 9.66 Å². The van der Waals surface area contributed by atoms with E-state index in [1.807, 2.05) is 18.9 Å². The van der Waals surface area contributed by atoms with Crippen LogP contribution < -0.4 is 16.1 Å². The van der Waals surface area contributed by atoms with Crippen LogP contribution in [0.4, 0.5) is 0 Å². The lowest BCUT2D eigenvalue weighted by atomic mass is 10.2. The Morgan fingerprint density at radius 3 is 2.62 bits per heavy atom. The van der Waals surface area contributed by atoms with Crippen molar-refractivity contribution in [2.75, 3.05) is 18.1 Å². The van der Waals surface area contributed by atoms with Gasteiger partial charge in [0.1, 0.15) is 5.82 Å². The molecule has 0 spiro atoms. The molecule has 2 aromatic heterocycles. The lowest BCUT2D eigenvalue weighted by Gasteiger charge is -2.37. The molecular weight excluding hydrogens is 272 g/mol. The van der Waals surface area contributed by atoms with E-state index in [-0.39, 0.29) is 23.3 Å². The first-order valence-electron chi connectivity index (χ1n) is 6.98. The van der Waals surface area contributed by atoms with Gasteiger partial charge in [0.15, 0.2) is 0 Å². The summed E-state index contributed by atoms with van der Waals surface area (Å²) in [5.41, 5.74) is -0.00578. The molecule has 0 amide bonds. The molecule has 1 aliphatic heterocycles. The summed E-state index contributed by atoms with van der Waals surface area (Å²) in [7, 11) is 0. The molecule has 21 heavy (non-hydrogen) atoms. The molecule has 0 radical (unpaired) electrons. The maximum Gasteiger partial charge on any atom is 0.271 e. The van der Waals surface area contributed by atoms with Gasteiger partial charge in [-0.2, -0.15) is 0 Å². The number of pyridine rings is 1. The van der Waals surface area contributed by atoms with Gasteiger partial charge in [0.05, 0.1) is 36.2 Å². The number of H-pyrrole nitrogens is 1. The van der Waals surface area contributed by atoms with Crippen LogP contribution in [0.15, 0.2) is 21.9 Å². The summed E-state index contributed by atoms with van der Waals surface area (Å²) >= 11 is 0. The molecule has 0 aliphatic carbocycles. The lowest BCUT2D eigenvalue weighted by Crippen LogP contribution is -2.54. The Balaban J connectivity index is 2.13. The molecule has 1 N–H and O–H groups in total. The number of aromatic nitrogens is 3. The maximum atomic E-state index is 12.3. The number of hydrogen-bond donors (Lipinski definition) is 1. The SMILES string of the molecule is Cc1nc2cc(=O)n(N3C[C@@H](C)O[C@@H](C)C3)cc2c(=O)[nH]1. The largest absolute Gasteiger partial charge is 0.372 e. The first-order chi connectivity index (χ1) is 9.94. The van der Waals surface area contributed by atoms with E-state index in [1.54, 1.807) is 13.1 Å². The zero-order valence-corrected chi connectivity index (χ0v) is 12.3. The highest BCUT2D eigenvalue weighted by Gasteiger charge is 2.23. The van der Waals surface area contributed by atoms with Crippen molar-refractivity contribution in [2.24, 2.45) is 0 Å². The molecule has 2 aromatic rings. The summed E-state index contributed by atoms with van der Waals surface area (Å²) in [5, 5.41) is 2.31. The van der Waals surface area contributed by atoms with E-state index in [4.69, 9.17) is 4.74 Å². The minimum Gasteiger partial charge on any atom is -0.372 e. The Labute approximate surface area is 121 Å². The van der Waals surface area contributed by atoms with E-state index in [0.717, 1.165) is 0 Å². The number of rotatable bonds is 1. The average molecular weight is 290 g/mol. The zero-order chi connectivity index (χ0) is 15.1. The van der Waals surface area contributed by atoms with E-state index < -0.39 is 0 Å². The van der Waals surface area contributed by atoms with Gasteiger partial charge in [0.25, 0.3) is 11.1 Å². The summed E-state index contributed by atoms with van der Waals surface area (Å²) in [4.78, 5) is 31.2. The summed E-state index contributed by atoms with van der Waals surface area (Å²) in [6.07, 6.45) is 1.63. The molecule has 2 atom stereocenters. The number of nitrogens with one attached hydrogen (secondary N) is 1. The van der Waals surface area contributed by atoms with E-state index >= 15 is 0 Å². The minimum atomic E-state index is -0.236. The number of morpholine rings is 1. The van der Waals surface area contributed by atoms with Crippen LogP contribution in [-0.2, 0) is 4.74 Å². The van der Waals surface area contributed by atoms with Crippen LogP contribution in [-0.4, -0.2) is 39.9 Å². The number of nitrogens with zero attached hydrogens (tertiary/aromatic N) is 3. The molecule has 7 nitrogen and oxygen atoms in total. The molecule has 0 saturated carbocycles. The summed E-state index contributed by atoms with van der Waals surface area (Å²) in [6.45, 7) is 6.83. The molecule has 112 valence electrons. The van der Waals surface area contributed by atoms with Gasteiger partial charge in [0, 0.05) is 12.3 Å². The molecule has 1 saturated heterocycles.